The van der Waals surface area contributed by atoms with Crippen LogP contribution in [0.15, 0.2) is 36.7 Å². The molecule has 1 atom stereocenters. The molecule has 2 N–H and O–H groups in total. The molecule has 2 heterocycles. The molecule has 7 nitrogen and oxygen atoms in total. The zero-order valence-electron chi connectivity index (χ0n) is 18.8. The van der Waals surface area contributed by atoms with Gasteiger partial charge in [0.15, 0.2) is 5.78 Å². The van der Waals surface area contributed by atoms with E-state index in [0.29, 0.717) is 6.54 Å². The van der Waals surface area contributed by atoms with Crippen LogP contribution in [0.3, 0.4) is 0 Å². The second kappa shape index (κ2) is 9.65. The van der Waals surface area contributed by atoms with Gasteiger partial charge >= 0.3 is 5.97 Å². The van der Waals surface area contributed by atoms with E-state index in [1.165, 1.54) is 0 Å². The molecule has 0 saturated carbocycles. The van der Waals surface area contributed by atoms with Crippen LogP contribution in [0.5, 0.6) is 0 Å². The summed E-state index contributed by atoms with van der Waals surface area (Å²) in [5.41, 5.74) is 7.87. The highest BCUT2D eigenvalue weighted by Gasteiger charge is 2.34. The fourth-order valence-corrected chi connectivity index (χ4v) is 4.26. The Morgan fingerprint density at radius 2 is 2.00 bits per heavy atom. The number of halogens is 2. The Labute approximate surface area is 200 Å². The number of carbonyl (C=O) groups is 2. The van der Waals surface area contributed by atoms with E-state index in [2.05, 4.69) is 15.2 Å². The van der Waals surface area contributed by atoms with Gasteiger partial charge in [-0.05, 0) is 32.8 Å². The smallest absolute Gasteiger partial charge is 0.328 e. The SMILES string of the molecule is Cc1n(C[C@@H]2CCc3c(c4ccccc4n3C)C2=O)cc[n+]1COC(=O)C(C)(C)N.Cl.[Cl-]. The third-order valence-electron chi connectivity index (χ3n) is 6.11. The molecule has 1 aromatic carbocycles. The number of fused-ring (bicyclic) bond motifs is 3. The largest absolute Gasteiger partial charge is 1.00 e. The van der Waals surface area contributed by atoms with E-state index in [-0.39, 0.29) is 43.2 Å². The summed E-state index contributed by atoms with van der Waals surface area (Å²) in [5.74, 6) is 0.611. The van der Waals surface area contributed by atoms with Crippen LogP contribution in [-0.4, -0.2) is 26.4 Å². The summed E-state index contributed by atoms with van der Waals surface area (Å²) in [7, 11) is 2.04. The highest BCUT2D eigenvalue weighted by atomic mass is 35.5. The Kier molecular flexibility index (Phi) is 7.81. The molecule has 0 amide bonds. The molecule has 174 valence electrons. The number of hydrogen-bond donors (Lipinski definition) is 1. The number of para-hydroxylation sites is 1. The van der Waals surface area contributed by atoms with Crippen LogP contribution < -0.4 is 22.7 Å². The number of esters is 1. The van der Waals surface area contributed by atoms with Crippen molar-refractivity contribution in [1.29, 1.82) is 0 Å². The number of ether oxygens (including phenoxy) is 1. The lowest BCUT2D eigenvalue weighted by Gasteiger charge is -2.21. The van der Waals surface area contributed by atoms with E-state index < -0.39 is 11.5 Å². The molecule has 3 aromatic rings. The first-order chi connectivity index (χ1) is 14.2. The Morgan fingerprint density at radius 3 is 2.69 bits per heavy atom. The van der Waals surface area contributed by atoms with Crippen molar-refractivity contribution < 1.29 is 31.3 Å². The van der Waals surface area contributed by atoms with Gasteiger partial charge in [-0.3, -0.25) is 4.79 Å². The van der Waals surface area contributed by atoms with Gasteiger partial charge in [0.1, 0.15) is 24.5 Å². The van der Waals surface area contributed by atoms with Crippen molar-refractivity contribution in [3.63, 3.8) is 0 Å². The summed E-state index contributed by atoms with van der Waals surface area (Å²) in [4.78, 5) is 25.3. The molecule has 32 heavy (non-hydrogen) atoms. The number of rotatable bonds is 5. The molecule has 0 saturated heterocycles. The Bertz CT molecular complexity index is 1140. The maximum atomic E-state index is 13.4. The van der Waals surface area contributed by atoms with Crippen molar-refractivity contribution in [2.45, 2.75) is 52.4 Å². The fourth-order valence-electron chi connectivity index (χ4n) is 4.26. The first kappa shape index (κ1) is 25.9. The van der Waals surface area contributed by atoms with Crippen molar-refractivity contribution in [3.05, 3.63) is 53.7 Å². The minimum Gasteiger partial charge on any atom is -1.00 e. The highest BCUT2D eigenvalue weighted by molar-refractivity contribution is 6.11. The summed E-state index contributed by atoms with van der Waals surface area (Å²) < 4.78 is 11.4. The van der Waals surface area contributed by atoms with Gasteiger partial charge < -0.3 is 27.4 Å². The zero-order valence-corrected chi connectivity index (χ0v) is 20.4. The topological polar surface area (TPSA) is 83.1 Å². The number of imidazole rings is 1. The van der Waals surface area contributed by atoms with E-state index in [4.69, 9.17) is 10.5 Å². The average molecular weight is 481 g/mol. The number of hydrogen-bond acceptors (Lipinski definition) is 4. The normalized spacial score (nSPS) is 15.7. The molecule has 0 bridgehead atoms. The average Bonchev–Trinajstić information content (AvgIpc) is 3.20. The minimum atomic E-state index is -1.03. The van der Waals surface area contributed by atoms with Crippen molar-refractivity contribution in [3.8, 4) is 0 Å². The number of nitrogens with two attached hydrogens (primary N) is 1. The molecule has 4 rings (SSSR count). The first-order valence-corrected chi connectivity index (χ1v) is 10.3. The van der Waals surface area contributed by atoms with Crippen LogP contribution in [0.4, 0.5) is 0 Å². The molecule has 0 spiro atoms. The molecule has 0 radical (unpaired) electrons. The zero-order chi connectivity index (χ0) is 21.6. The molecule has 0 unspecified atom stereocenters. The van der Waals surface area contributed by atoms with Crippen LogP contribution in [-0.2, 0) is 36.3 Å². The standard InChI is InChI=1S/C23H29N4O3.2ClH/c1-15-26(11-12-27(15)14-30-22(29)23(2,3)24)13-16-9-10-19-20(21(16)28)17-7-5-6-8-18(17)25(19)4;;/h5-8,11-12,16H,9-10,13-14,24H2,1-4H3;2*1H/q+1;;/p-1/t16-;;/m0../s1. The van der Waals surface area contributed by atoms with Gasteiger partial charge in [-0.15, -0.1) is 12.4 Å². The van der Waals surface area contributed by atoms with E-state index >= 15 is 0 Å². The van der Waals surface area contributed by atoms with Crippen molar-refractivity contribution in [2.75, 3.05) is 0 Å². The van der Waals surface area contributed by atoms with Gasteiger partial charge in [-0.25, -0.2) is 9.36 Å². The maximum Gasteiger partial charge on any atom is 0.328 e. The molecule has 1 aliphatic carbocycles. The van der Waals surface area contributed by atoms with Crippen LogP contribution in [0, 0.1) is 12.8 Å². The predicted molar refractivity (Wildman–Crippen MR) is 120 cm³/mol. The molecular weight excluding hydrogens is 451 g/mol. The molecule has 0 aliphatic heterocycles. The lowest BCUT2D eigenvalue weighted by molar-refractivity contribution is -0.732. The summed E-state index contributed by atoms with van der Waals surface area (Å²) >= 11 is 0. The number of benzene rings is 1. The second-order valence-electron chi connectivity index (χ2n) is 8.75. The summed E-state index contributed by atoms with van der Waals surface area (Å²) in [6, 6.07) is 8.11. The monoisotopic (exact) mass is 480 g/mol. The first-order valence-electron chi connectivity index (χ1n) is 10.3. The van der Waals surface area contributed by atoms with Crippen molar-refractivity contribution in [2.24, 2.45) is 18.7 Å². The number of aryl methyl sites for hydroxylation is 1. The predicted octanol–water partition coefficient (Wildman–Crippen LogP) is -0.315. The van der Waals surface area contributed by atoms with Gasteiger partial charge in [0.05, 0.1) is 5.92 Å². The van der Waals surface area contributed by atoms with Crippen LogP contribution in [0.25, 0.3) is 10.9 Å². The van der Waals surface area contributed by atoms with Gasteiger partial charge in [-0.1, -0.05) is 18.2 Å². The summed E-state index contributed by atoms with van der Waals surface area (Å²) in [6.45, 7) is 5.90. The lowest BCUT2D eigenvalue weighted by atomic mass is 9.85. The molecule has 9 heteroatoms. The van der Waals surface area contributed by atoms with Crippen molar-refractivity contribution >= 4 is 35.1 Å². The van der Waals surface area contributed by atoms with Crippen LogP contribution in [0.2, 0.25) is 0 Å². The molecule has 2 aromatic heterocycles. The number of carbonyl (C=O) groups excluding carboxylic acids is 2. The van der Waals surface area contributed by atoms with Crippen molar-refractivity contribution in [1.82, 2.24) is 9.13 Å². The number of ketones is 1. The Hall–Kier alpha value is -2.35. The van der Waals surface area contributed by atoms with E-state index in [9.17, 15) is 9.59 Å². The summed E-state index contributed by atoms with van der Waals surface area (Å²) in [5, 5.41) is 1.04. The fraction of sp³-hybridized carbons (Fsp3) is 0.435. The van der Waals surface area contributed by atoms with E-state index in [1.807, 2.05) is 49.1 Å². The second-order valence-corrected chi connectivity index (χ2v) is 8.75. The van der Waals surface area contributed by atoms with Crippen LogP contribution in [0.1, 0.15) is 42.1 Å². The quantitative estimate of drug-likeness (QED) is 0.400. The van der Waals surface area contributed by atoms with Gasteiger partial charge in [0.2, 0.25) is 6.73 Å². The van der Waals surface area contributed by atoms with Gasteiger partial charge in [-0.2, -0.15) is 4.57 Å². The third kappa shape index (κ3) is 4.56. The molecule has 0 fully saturated rings. The molecule has 1 aliphatic rings. The Balaban J connectivity index is 0.00000181. The van der Waals surface area contributed by atoms with E-state index in [1.54, 1.807) is 13.8 Å². The lowest BCUT2D eigenvalue weighted by Crippen LogP contribution is -3.00. The number of nitrogens with zero attached hydrogens (tertiary/aromatic N) is 3. The highest BCUT2D eigenvalue weighted by Crippen LogP contribution is 2.34. The third-order valence-corrected chi connectivity index (χ3v) is 6.11. The van der Waals surface area contributed by atoms with Crippen LogP contribution >= 0.6 is 12.4 Å². The maximum absolute atomic E-state index is 13.4. The molecular formula is C23H30Cl2N4O3. The minimum absolute atomic E-state index is 0. The summed E-state index contributed by atoms with van der Waals surface area (Å²) in [6.07, 6.45) is 5.51. The van der Waals surface area contributed by atoms with Gasteiger partial charge in [0, 0.05) is 36.1 Å². The van der Waals surface area contributed by atoms with E-state index in [0.717, 1.165) is 40.8 Å². The number of aromatic nitrogens is 3. The Morgan fingerprint density at radius 1 is 1.31 bits per heavy atom. The van der Waals surface area contributed by atoms with Gasteiger partial charge in [0.25, 0.3) is 5.82 Å². The number of Topliss-reactive ketones (excluding diaryl/α,β-unsaturated/α-hetero) is 1.